The Labute approximate surface area is 160 Å². The lowest BCUT2D eigenvalue weighted by molar-refractivity contribution is -0.118. The molecule has 0 unspecified atom stereocenters. The van der Waals surface area contributed by atoms with Crippen LogP contribution in [0.4, 0.5) is 5.13 Å². The number of carbonyl (C=O) groups excluding carboxylic acids is 1. The number of anilines is 1. The average Bonchev–Trinajstić information content (AvgIpc) is 3.20. The van der Waals surface area contributed by atoms with Crippen molar-refractivity contribution in [3.63, 3.8) is 0 Å². The van der Waals surface area contributed by atoms with Gasteiger partial charge in [0.1, 0.15) is 10.8 Å². The molecule has 0 spiro atoms. The summed E-state index contributed by atoms with van der Waals surface area (Å²) in [5, 5.41) is 16.5. The number of ether oxygens (including phenoxy) is 1. The molecular formula is C14H8Cl3N3O2S2. The van der Waals surface area contributed by atoms with Gasteiger partial charge in [-0.1, -0.05) is 46.1 Å². The third-order valence-electron chi connectivity index (χ3n) is 2.77. The smallest absolute Gasteiger partial charge is 0.264 e. The fourth-order valence-corrected chi connectivity index (χ4v) is 3.75. The summed E-state index contributed by atoms with van der Waals surface area (Å²) in [6, 6.07) is 4.85. The second kappa shape index (κ2) is 7.67. The minimum absolute atomic E-state index is 0.245. The topological polar surface area (TPSA) is 64.1 Å². The Morgan fingerprint density at radius 3 is 2.71 bits per heavy atom. The van der Waals surface area contributed by atoms with Gasteiger partial charge in [-0.15, -0.1) is 10.2 Å². The first kappa shape index (κ1) is 17.4. The molecule has 0 aliphatic carbocycles. The van der Waals surface area contributed by atoms with E-state index in [2.05, 4.69) is 15.5 Å². The zero-order valence-corrected chi connectivity index (χ0v) is 15.7. The van der Waals surface area contributed by atoms with Crippen molar-refractivity contribution in [1.82, 2.24) is 10.2 Å². The van der Waals surface area contributed by atoms with Gasteiger partial charge >= 0.3 is 0 Å². The number of halogens is 3. The number of amides is 1. The fourth-order valence-electron chi connectivity index (χ4n) is 1.69. The van der Waals surface area contributed by atoms with E-state index in [0.29, 0.717) is 15.2 Å². The monoisotopic (exact) mass is 419 g/mol. The van der Waals surface area contributed by atoms with E-state index < -0.39 is 0 Å². The molecule has 0 radical (unpaired) electrons. The number of nitrogens with zero attached hydrogens (tertiary/aromatic N) is 2. The molecule has 3 rings (SSSR count). The van der Waals surface area contributed by atoms with E-state index in [4.69, 9.17) is 39.5 Å². The van der Waals surface area contributed by atoms with Gasteiger partial charge in [0.05, 0.1) is 15.1 Å². The Kier molecular flexibility index (Phi) is 5.57. The lowest BCUT2D eigenvalue weighted by Gasteiger charge is -2.08. The summed E-state index contributed by atoms with van der Waals surface area (Å²) in [4.78, 5) is 11.9. The summed E-state index contributed by atoms with van der Waals surface area (Å²) >= 11 is 20.6. The molecule has 1 aromatic carbocycles. The molecule has 24 heavy (non-hydrogen) atoms. The van der Waals surface area contributed by atoms with E-state index in [-0.39, 0.29) is 23.3 Å². The highest BCUT2D eigenvalue weighted by molar-refractivity contribution is 7.19. The lowest BCUT2D eigenvalue weighted by atomic mass is 10.3. The third-order valence-corrected chi connectivity index (χ3v) is 5.36. The van der Waals surface area contributed by atoms with Crippen LogP contribution in [0.25, 0.3) is 10.6 Å². The van der Waals surface area contributed by atoms with Gasteiger partial charge in [-0.3, -0.25) is 10.1 Å². The number of carbonyl (C=O) groups is 1. The third kappa shape index (κ3) is 4.17. The molecule has 0 bridgehead atoms. The lowest BCUT2D eigenvalue weighted by Crippen LogP contribution is -2.20. The summed E-state index contributed by atoms with van der Waals surface area (Å²) < 4.78 is 5.36. The minimum Gasteiger partial charge on any atom is -0.482 e. The van der Waals surface area contributed by atoms with Crippen LogP contribution in [0.3, 0.4) is 0 Å². The van der Waals surface area contributed by atoms with E-state index >= 15 is 0 Å². The first-order valence-corrected chi connectivity index (χ1v) is 9.35. The predicted molar refractivity (Wildman–Crippen MR) is 98.8 cm³/mol. The first-order chi connectivity index (χ1) is 11.5. The molecule has 3 aromatic rings. The van der Waals surface area contributed by atoms with Crippen molar-refractivity contribution >= 4 is 68.5 Å². The van der Waals surface area contributed by atoms with Crippen molar-refractivity contribution in [2.24, 2.45) is 0 Å². The molecule has 124 valence electrons. The predicted octanol–water partition coefficient (Wildman–Crippen LogP) is 5.24. The first-order valence-electron chi connectivity index (χ1n) is 6.46. The standard InChI is InChI=1S/C14H8Cl3N3O2S2/c15-8-3-10(17)11(4-9(8)16)22-5-12(21)18-14-20-19-13(24-14)7-1-2-23-6-7/h1-4,6H,5H2,(H,18,20,21). The molecular weight excluding hydrogens is 413 g/mol. The van der Waals surface area contributed by atoms with Crippen molar-refractivity contribution in [2.75, 3.05) is 11.9 Å². The molecule has 0 saturated carbocycles. The van der Waals surface area contributed by atoms with E-state index in [1.54, 1.807) is 11.3 Å². The van der Waals surface area contributed by atoms with Gasteiger partial charge in [-0.2, -0.15) is 11.3 Å². The molecule has 10 heteroatoms. The SMILES string of the molecule is O=C(COc1cc(Cl)c(Cl)cc1Cl)Nc1nnc(-c2ccsc2)s1. The van der Waals surface area contributed by atoms with Crippen molar-refractivity contribution in [3.8, 4) is 16.3 Å². The average molecular weight is 421 g/mol. The summed E-state index contributed by atoms with van der Waals surface area (Å²) in [5.74, 6) is -0.109. The van der Waals surface area contributed by atoms with Gasteiger partial charge in [-0.05, 0) is 17.5 Å². The van der Waals surface area contributed by atoms with Crippen molar-refractivity contribution in [3.05, 3.63) is 44.0 Å². The largest absolute Gasteiger partial charge is 0.482 e. The highest BCUT2D eigenvalue weighted by atomic mass is 35.5. The number of thiophene rings is 1. The quantitative estimate of drug-likeness (QED) is 0.573. The summed E-state index contributed by atoms with van der Waals surface area (Å²) in [6.07, 6.45) is 0. The maximum Gasteiger partial charge on any atom is 0.264 e. The molecule has 2 aromatic heterocycles. The second-order valence-corrected chi connectivity index (χ2v) is 7.44. The van der Waals surface area contributed by atoms with Crippen molar-refractivity contribution < 1.29 is 9.53 Å². The van der Waals surface area contributed by atoms with Crippen LogP contribution in [-0.2, 0) is 4.79 Å². The van der Waals surface area contributed by atoms with Crippen molar-refractivity contribution in [1.29, 1.82) is 0 Å². The van der Waals surface area contributed by atoms with Gasteiger partial charge in [0, 0.05) is 17.0 Å². The molecule has 5 nitrogen and oxygen atoms in total. The Morgan fingerprint density at radius 1 is 1.17 bits per heavy atom. The highest BCUT2D eigenvalue weighted by Gasteiger charge is 2.12. The summed E-state index contributed by atoms with van der Waals surface area (Å²) in [7, 11) is 0. The van der Waals surface area contributed by atoms with Crippen LogP contribution >= 0.6 is 57.5 Å². The van der Waals surface area contributed by atoms with E-state index in [0.717, 1.165) is 10.6 Å². The summed E-state index contributed by atoms with van der Waals surface area (Å²) in [6.45, 7) is -0.245. The molecule has 0 fully saturated rings. The van der Waals surface area contributed by atoms with Crippen LogP contribution in [0.2, 0.25) is 15.1 Å². The Bertz CT molecular complexity index is 868. The van der Waals surface area contributed by atoms with Crippen LogP contribution in [0.15, 0.2) is 29.0 Å². The van der Waals surface area contributed by atoms with Gasteiger partial charge in [0.15, 0.2) is 6.61 Å². The zero-order chi connectivity index (χ0) is 17.1. The zero-order valence-electron chi connectivity index (χ0n) is 11.8. The fraction of sp³-hybridized carbons (Fsp3) is 0.0714. The number of benzene rings is 1. The van der Waals surface area contributed by atoms with Crippen LogP contribution in [0.1, 0.15) is 0 Å². The van der Waals surface area contributed by atoms with Crippen LogP contribution in [0.5, 0.6) is 5.75 Å². The Morgan fingerprint density at radius 2 is 1.96 bits per heavy atom. The van der Waals surface area contributed by atoms with Gasteiger partial charge < -0.3 is 4.74 Å². The van der Waals surface area contributed by atoms with Crippen LogP contribution in [0, 0.1) is 0 Å². The maximum atomic E-state index is 11.9. The molecule has 0 aliphatic heterocycles. The summed E-state index contributed by atoms with van der Waals surface area (Å²) in [5.41, 5.74) is 0.969. The van der Waals surface area contributed by atoms with Crippen molar-refractivity contribution in [2.45, 2.75) is 0 Å². The molecule has 0 saturated heterocycles. The maximum absolute atomic E-state index is 11.9. The Hall–Kier alpha value is -1.38. The van der Waals surface area contributed by atoms with E-state index in [1.165, 1.54) is 23.5 Å². The van der Waals surface area contributed by atoms with Gasteiger partial charge in [-0.25, -0.2) is 0 Å². The number of hydrogen-bond acceptors (Lipinski definition) is 6. The van der Waals surface area contributed by atoms with Crippen LogP contribution < -0.4 is 10.1 Å². The van der Waals surface area contributed by atoms with Gasteiger partial charge in [0.25, 0.3) is 5.91 Å². The molecule has 0 aliphatic rings. The number of aromatic nitrogens is 2. The van der Waals surface area contributed by atoms with E-state index in [1.807, 2.05) is 16.8 Å². The van der Waals surface area contributed by atoms with E-state index in [9.17, 15) is 4.79 Å². The number of nitrogens with one attached hydrogen (secondary N) is 1. The molecule has 1 amide bonds. The molecule has 2 heterocycles. The minimum atomic E-state index is -0.384. The normalized spacial score (nSPS) is 10.6. The highest BCUT2D eigenvalue weighted by Crippen LogP contribution is 2.34. The molecule has 0 atom stereocenters. The Balaban J connectivity index is 1.59. The van der Waals surface area contributed by atoms with Crippen LogP contribution in [-0.4, -0.2) is 22.7 Å². The van der Waals surface area contributed by atoms with Gasteiger partial charge in [0.2, 0.25) is 5.13 Å². The number of hydrogen-bond donors (Lipinski definition) is 1. The number of rotatable bonds is 5. The second-order valence-electron chi connectivity index (χ2n) is 4.46. The molecule has 1 N–H and O–H groups in total.